The van der Waals surface area contributed by atoms with Gasteiger partial charge in [0.1, 0.15) is 5.75 Å². The number of ether oxygens (including phenoxy) is 1. The summed E-state index contributed by atoms with van der Waals surface area (Å²) in [5.74, 6) is 0.0985. The average molecular weight is 236 g/mol. The van der Waals surface area contributed by atoms with E-state index in [1.807, 2.05) is 25.1 Å². The molecule has 0 heterocycles. The Morgan fingerprint density at radius 2 is 1.82 bits per heavy atom. The normalized spacial score (nSPS) is 9.47. The maximum Gasteiger partial charge on any atom is 0.258 e. The number of likely N-dealkylation sites (N-methyl/N-ethyl adjacent to an activating group) is 1. The molecule has 1 rings (SSSR count). The predicted octanol–water partition coefficient (Wildman–Crippen LogP) is 0.318. The van der Waals surface area contributed by atoms with Crippen LogP contribution < -0.4 is 15.4 Å². The Balaban J connectivity index is 2.20. The minimum atomic E-state index is -0.319. The van der Waals surface area contributed by atoms with Crippen molar-refractivity contribution >= 4 is 11.8 Å². The molecule has 1 aromatic rings. The zero-order valence-electron chi connectivity index (χ0n) is 9.73. The fourth-order valence-corrected chi connectivity index (χ4v) is 1.16. The van der Waals surface area contributed by atoms with Gasteiger partial charge in [0.15, 0.2) is 6.61 Å². The molecule has 0 aromatic heterocycles. The van der Waals surface area contributed by atoms with E-state index in [4.69, 9.17) is 4.74 Å². The zero-order chi connectivity index (χ0) is 12.5. The largest absolute Gasteiger partial charge is 0.484 e. The van der Waals surface area contributed by atoms with Crippen molar-refractivity contribution in [3.63, 3.8) is 0 Å². The molecule has 0 radical (unpaired) electrons. The highest BCUT2D eigenvalue weighted by Crippen LogP contribution is 2.07. The lowest BCUT2D eigenvalue weighted by Gasteiger charge is -2.07. The molecule has 0 fully saturated rings. The summed E-state index contributed by atoms with van der Waals surface area (Å²) in [6, 6.07) is 9.03. The van der Waals surface area contributed by atoms with Crippen LogP contribution in [0.25, 0.3) is 0 Å². The molecule has 0 aliphatic rings. The van der Waals surface area contributed by atoms with Gasteiger partial charge in [-0.1, -0.05) is 18.2 Å². The molecular weight excluding hydrogens is 220 g/mol. The third-order valence-corrected chi connectivity index (χ3v) is 1.93. The summed E-state index contributed by atoms with van der Waals surface area (Å²) in [4.78, 5) is 22.4. The Bertz CT molecular complexity index is 365. The lowest BCUT2D eigenvalue weighted by molar-refractivity contribution is -0.127. The van der Waals surface area contributed by atoms with Gasteiger partial charge in [-0.05, 0) is 19.1 Å². The van der Waals surface area contributed by atoms with Gasteiger partial charge in [-0.25, -0.2) is 0 Å². The van der Waals surface area contributed by atoms with Crippen LogP contribution in [0.15, 0.2) is 30.3 Å². The van der Waals surface area contributed by atoms with Gasteiger partial charge < -0.3 is 15.4 Å². The van der Waals surface area contributed by atoms with Gasteiger partial charge in [0.05, 0.1) is 6.54 Å². The van der Waals surface area contributed by atoms with E-state index in [1.54, 1.807) is 12.1 Å². The fraction of sp³-hybridized carbons (Fsp3) is 0.333. The summed E-state index contributed by atoms with van der Waals surface area (Å²) in [5, 5.41) is 5.04. The second-order valence-corrected chi connectivity index (χ2v) is 3.33. The Morgan fingerprint density at radius 1 is 1.12 bits per heavy atom. The molecule has 2 amide bonds. The number of nitrogens with one attached hydrogen (secondary N) is 2. The van der Waals surface area contributed by atoms with E-state index in [0.717, 1.165) is 0 Å². The summed E-state index contributed by atoms with van der Waals surface area (Å²) < 4.78 is 5.22. The van der Waals surface area contributed by atoms with Gasteiger partial charge in [0, 0.05) is 6.54 Å². The number of amides is 2. The summed E-state index contributed by atoms with van der Waals surface area (Å²) in [6.07, 6.45) is 0. The molecule has 0 aliphatic carbocycles. The van der Waals surface area contributed by atoms with Crippen LogP contribution in [0.3, 0.4) is 0 Å². The monoisotopic (exact) mass is 236 g/mol. The van der Waals surface area contributed by atoms with Crippen LogP contribution in [0.2, 0.25) is 0 Å². The molecule has 5 heteroatoms. The van der Waals surface area contributed by atoms with Gasteiger partial charge in [-0.2, -0.15) is 0 Å². The molecule has 2 N–H and O–H groups in total. The van der Waals surface area contributed by atoms with Crippen molar-refractivity contribution in [2.75, 3.05) is 19.7 Å². The van der Waals surface area contributed by atoms with E-state index in [1.165, 1.54) is 0 Å². The van der Waals surface area contributed by atoms with Crippen LogP contribution in [0.4, 0.5) is 0 Å². The topological polar surface area (TPSA) is 67.4 Å². The van der Waals surface area contributed by atoms with E-state index >= 15 is 0 Å². The van der Waals surface area contributed by atoms with Gasteiger partial charge in [-0.3, -0.25) is 9.59 Å². The number of hydrogen-bond acceptors (Lipinski definition) is 3. The van der Waals surface area contributed by atoms with Crippen molar-refractivity contribution in [2.24, 2.45) is 0 Å². The Hall–Kier alpha value is -2.04. The highest BCUT2D eigenvalue weighted by Gasteiger charge is 2.04. The first-order valence-corrected chi connectivity index (χ1v) is 5.43. The molecule has 1 aromatic carbocycles. The van der Waals surface area contributed by atoms with E-state index in [-0.39, 0.29) is 25.0 Å². The van der Waals surface area contributed by atoms with Crippen molar-refractivity contribution < 1.29 is 14.3 Å². The number of hydrogen-bond donors (Lipinski definition) is 2. The van der Waals surface area contributed by atoms with Gasteiger partial charge in [0.25, 0.3) is 5.91 Å². The lowest BCUT2D eigenvalue weighted by atomic mass is 10.3. The molecule has 0 atom stereocenters. The minimum Gasteiger partial charge on any atom is -0.484 e. The molecule has 0 spiro atoms. The average Bonchev–Trinajstić information content (AvgIpc) is 2.35. The van der Waals surface area contributed by atoms with Gasteiger partial charge >= 0.3 is 0 Å². The summed E-state index contributed by atoms with van der Waals surface area (Å²) >= 11 is 0. The minimum absolute atomic E-state index is 0.0230. The molecule has 0 aliphatic heterocycles. The first-order chi connectivity index (χ1) is 8.22. The molecule has 92 valence electrons. The molecule has 0 unspecified atom stereocenters. The Kier molecular flexibility index (Phi) is 5.57. The van der Waals surface area contributed by atoms with Crippen molar-refractivity contribution in [3.8, 4) is 5.75 Å². The van der Waals surface area contributed by atoms with Gasteiger partial charge in [-0.15, -0.1) is 0 Å². The van der Waals surface area contributed by atoms with Crippen LogP contribution in [0.1, 0.15) is 6.92 Å². The van der Waals surface area contributed by atoms with Crippen molar-refractivity contribution in [1.82, 2.24) is 10.6 Å². The van der Waals surface area contributed by atoms with E-state index < -0.39 is 0 Å². The standard InChI is InChI=1S/C12H16N2O3/c1-2-13-11(15)8-14-12(16)9-17-10-6-4-3-5-7-10/h3-7H,2,8-9H2,1H3,(H,13,15)(H,14,16). The molecule has 0 bridgehead atoms. The SMILES string of the molecule is CCNC(=O)CNC(=O)COc1ccccc1. The maximum absolute atomic E-state index is 11.3. The molecule has 0 saturated heterocycles. The quantitative estimate of drug-likeness (QED) is 0.747. The smallest absolute Gasteiger partial charge is 0.258 e. The summed E-state index contributed by atoms with van der Waals surface area (Å²) in [7, 11) is 0. The Morgan fingerprint density at radius 3 is 2.47 bits per heavy atom. The molecular formula is C12H16N2O3. The number of carbonyl (C=O) groups is 2. The number of carbonyl (C=O) groups excluding carboxylic acids is 2. The number of benzene rings is 1. The Labute approximate surface area is 100 Å². The van der Waals surface area contributed by atoms with Gasteiger partial charge in [0.2, 0.25) is 5.91 Å². The number of rotatable bonds is 6. The summed E-state index contributed by atoms with van der Waals surface area (Å²) in [5.41, 5.74) is 0. The van der Waals surface area contributed by atoms with Crippen molar-refractivity contribution in [2.45, 2.75) is 6.92 Å². The second-order valence-electron chi connectivity index (χ2n) is 3.33. The van der Waals surface area contributed by atoms with Crippen molar-refractivity contribution in [3.05, 3.63) is 30.3 Å². The third kappa shape index (κ3) is 5.55. The second kappa shape index (κ2) is 7.27. The van der Waals surface area contributed by atoms with E-state index in [0.29, 0.717) is 12.3 Å². The predicted molar refractivity (Wildman–Crippen MR) is 63.6 cm³/mol. The first-order valence-electron chi connectivity index (χ1n) is 5.43. The first kappa shape index (κ1) is 13.0. The van der Waals surface area contributed by atoms with Crippen molar-refractivity contribution in [1.29, 1.82) is 0 Å². The maximum atomic E-state index is 11.3. The highest BCUT2D eigenvalue weighted by molar-refractivity contribution is 5.85. The molecule has 0 saturated carbocycles. The van der Waals surface area contributed by atoms with Crippen LogP contribution in [-0.4, -0.2) is 31.5 Å². The van der Waals surface area contributed by atoms with E-state index in [2.05, 4.69) is 10.6 Å². The van der Waals surface area contributed by atoms with E-state index in [9.17, 15) is 9.59 Å². The third-order valence-electron chi connectivity index (χ3n) is 1.93. The van der Waals surface area contributed by atoms with Crippen LogP contribution >= 0.6 is 0 Å². The highest BCUT2D eigenvalue weighted by atomic mass is 16.5. The van der Waals surface area contributed by atoms with Crippen LogP contribution in [0, 0.1) is 0 Å². The lowest BCUT2D eigenvalue weighted by Crippen LogP contribution is -2.38. The fourth-order valence-electron chi connectivity index (χ4n) is 1.16. The summed E-state index contributed by atoms with van der Waals surface area (Å²) in [6.45, 7) is 2.25. The molecule has 17 heavy (non-hydrogen) atoms. The van der Waals surface area contributed by atoms with Crippen LogP contribution in [0.5, 0.6) is 5.75 Å². The zero-order valence-corrected chi connectivity index (χ0v) is 9.73. The van der Waals surface area contributed by atoms with Crippen LogP contribution in [-0.2, 0) is 9.59 Å². The number of para-hydroxylation sites is 1. The molecule has 5 nitrogen and oxygen atoms in total.